The van der Waals surface area contributed by atoms with Gasteiger partial charge in [0.25, 0.3) is 0 Å². The molecule has 0 fully saturated rings. The molecule has 0 saturated carbocycles. The number of pyridine rings is 2. The van der Waals surface area contributed by atoms with Crippen molar-refractivity contribution in [2.45, 2.75) is 20.1 Å². The van der Waals surface area contributed by atoms with Crippen LogP contribution in [0.2, 0.25) is 0 Å². The minimum atomic E-state index is -0.957. The molecule has 31 heavy (non-hydrogen) atoms. The van der Waals surface area contributed by atoms with Crippen molar-refractivity contribution in [1.82, 2.24) is 20.3 Å². The lowest BCUT2D eigenvalue weighted by atomic mass is 9.96. The summed E-state index contributed by atoms with van der Waals surface area (Å²) in [5, 5.41) is 23.7. The summed E-state index contributed by atoms with van der Waals surface area (Å²) in [6.07, 6.45) is 0.829. The molecule has 0 saturated heterocycles. The van der Waals surface area contributed by atoms with Crippen LogP contribution in [0.1, 0.15) is 25.8 Å². The van der Waals surface area contributed by atoms with Gasteiger partial charge in [-0.05, 0) is 60.2 Å². The van der Waals surface area contributed by atoms with Crippen molar-refractivity contribution in [2.24, 2.45) is 5.41 Å². The zero-order valence-electron chi connectivity index (χ0n) is 17.2. The Balaban J connectivity index is 1.64. The Kier molecular flexibility index (Phi) is 6.05. The Bertz CT molecular complexity index is 1260. The third-order valence-electron chi connectivity index (χ3n) is 5.04. The summed E-state index contributed by atoms with van der Waals surface area (Å²) in [7, 11) is 0. The number of rotatable bonds is 6. The summed E-state index contributed by atoms with van der Waals surface area (Å²) < 4.78 is 1.10. The highest BCUT2D eigenvalue weighted by Gasteiger charge is 2.19. The topological polar surface area (TPSA) is 97.6 Å². The van der Waals surface area contributed by atoms with Gasteiger partial charge in [0.05, 0.1) is 28.6 Å². The van der Waals surface area contributed by atoms with Crippen molar-refractivity contribution in [2.75, 3.05) is 6.54 Å². The van der Waals surface area contributed by atoms with Crippen LogP contribution in [0.4, 0.5) is 0 Å². The zero-order chi connectivity index (χ0) is 22.0. The first-order chi connectivity index (χ1) is 14.9. The molecule has 3 aromatic heterocycles. The molecule has 1 atom stereocenters. The lowest BCUT2D eigenvalue weighted by Crippen LogP contribution is -2.31. The molecule has 0 bridgehead atoms. The van der Waals surface area contributed by atoms with Gasteiger partial charge in [-0.25, -0.2) is 9.97 Å². The van der Waals surface area contributed by atoms with Gasteiger partial charge in [-0.3, -0.25) is 5.32 Å². The quantitative estimate of drug-likeness (QED) is 0.244. The van der Waals surface area contributed by atoms with E-state index in [-0.39, 0.29) is 0 Å². The Morgan fingerprint density at radius 1 is 1.16 bits per heavy atom. The highest BCUT2D eigenvalue weighted by atomic mass is 127. The van der Waals surface area contributed by atoms with Crippen LogP contribution in [0, 0.1) is 20.3 Å². The highest BCUT2D eigenvalue weighted by Crippen LogP contribution is 2.32. The van der Waals surface area contributed by atoms with Gasteiger partial charge in [-0.1, -0.05) is 36.4 Å². The predicted octanol–water partition coefficient (Wildman–Crippen LogP) is 5.03. The summed E-state index contributed by atoms with van der Waals surface area (Å²) in [5.41, 5.74) is 4.50. The fraction of sp³-hybridized carbons (Fsp3) is 0.208. The minimum Gasteiger partial charge on any atom is -0.373 e. The fourth-order valence-electron chi connectivity index (χ4n) is 3.24. The summed E-state index contributed by atoms with van der Waals surface area (Å²) in [4.78, 5) is 12.6. The molecule has 7 heteroatoms. The Hall–Kier alpha value is -2.80. The van der Waals surface area contributed by atoms with Gasteiger partial charge in [0, 0.05) is 27.3 Å². The number of nitrogens with one attached hydrogen (secondary N) is 2. The van der Waals surface area contributed by atoms with Gasteiger partial charge >= 0.3 is 0 Å². The monoisotopic (exact) mass is 523 g/mol. The van der Waals surface area contributed by atoms with Crippen molar-refractivity contribution in [3.8, 4) is 28.6 Å². The van der Waals surface area contributed by atoms with E-state index in [2.05, 4.69) is 67.1 Å². The van der Waals surface area contributed by atoms with Crippen LogP contribution in [-0.2, 0) is 0 Å². The van der Waals surface area contributed by atoms with E-state index in [1.54, 1.807) is 12.3 Å². The summed E-state index contributed by atoms with van der Waals surface area (Å²) in [6, 6.07) is 20.0. The molecular formula is C24H22IN5O. The second kappa shape index (κ2) is 8.75. The van der Waals surface area contributed by atoms with E-state index in [0.717, 1.165) is 37.1 Å². The molecule has 1 unspecified atom stereocenters. The number of aliphatic hydroxyl groups is 1. The summed E-state index contributed by atoms with van der Waals surface area (Å²) in [6.45, 7) is 3.99. The third kappa shape index (κ3) is 4.61. The van der Waals surface area contributed by atoms with Crippen LogP contribution in [0.25, 0.3) is 33.5 Å². The van der Waals surface area contributed by atoms with Crippen molar-refractivity contribution in [1.29, 1.82) is 5.26 Å². The number of nitriles is 1. The molecule has 3 N–H and O–H groups in total. The average Bonchev–Trinajstić information content (AvgIpc) is 3.14. The van der Waals surface area contributed by atoms with Crippen molar-refractivity contribution >= 4 is 33.6 Å². The summed E-state index contributed by atoms with van der Waals surface area (Å²) in [5.74, 6) is 0. The number of aromatic amines is 1. The first kappa shape index (κ1) is 21.4. The van der Waals surface area contributed by atoms with Crippen LogP contribution in [-0.4, -0.2) is 26.6 Å². The lowest BCUT2D eigenvalue weighted by molar-refractivity contribution is 0.125. The first-order valence-electron chi connectivity index (χ1n) is 9.90. The van der Waals surface area contributed by atoms with Gasteiger partial charge in [0.15, 0.2) is 0 Å². The number of nitrogens with zero attached hydrogens (tertiary/aromatic N) is 3. The highest BCUT2D eigenvalue weighted by molar-refractivity contribution is 14.1. The van der Waals surface area contributed by atoms with Gasteiger partial charge in [-0.2, -0.15) is 5.26 Å². The maximum atomic E-state index is 10.5. The number of aliphatic hydroxyl groups excluding tert-OH is 1. The van der Waals surface area contributed by atoms with E-state index in [1.807, 2.05) is 44.2 Å². The summed E-state index contributed by atoms with van der Waals surface area (Å²) >= 11 is 2.34. The van der Waals surface area contributed by atoms with Gasteiger partial charge in [0.1, 0.15) is 11.9 Å². The molecule has 1 aromatic carbocycles. The molecular weight excluding hydrogens is 501 g/mol. The average molecular weight is 523 g/mol. The van der Waals surface area contributed by atoms with Crippen LogP contribution >= 0.6 is 22.6 Å². The molecule has 0 aliphatic heterocycles. The molecule has 0 radical (unpaired) electrons. The molecule has 3 heterocycles. The maximum Gasteiger partial charge on any atom is 0.148 e. The van der Waals surface area contributed by atoms with Gasteiger partial charge < -0.3 is 10.1 Å². The SMILES string of the molecule is CC(C)(C#N)CNC(O)c1cccc(-c2cnc3[nH]c(-c4ccccc4)c(I)c3c2)n1. The number of fused-ring (bicyclic) bond motifs is 1. The number of H-pyrrole nitrogens is 1. The Labute approximate surface area is 194 Å². The molecule has 4 aromatic rings. The van der Waals surface area contributed by atoms with E-state index in [0.29, 0.717) is 12.2 Å². The van der Waals surface area contributed by atoms with Crippen LogP contribution in [0.5, 0.6) is 0 Å². The largest absolute Gasteiger partial charge is 0.373 e. The van der Waals surface area contributed by atoms with Crippen molar-refractivity contribution < 1.29 is 5.11 Å². The van der Waals surface area contributed by atoms with Crippen LogP contribution in [0.3, 0.4) is 0 Å². The molecule has 6 nitrogen and oxygen atoms in total. The molecule has 0 aliphatic rings. The Morgan fingerprint density at radius 2 is 1.94 bits per heavy atom. The number of hydrogen-bond donors (Lipinski definition) is 3. The smallest absolute Gasteiger partial charge is 0.148 e. The molecule has 156 valence electrons. The fourth-order valence-corrected chi connectivity index (χ4v) is 4.10. The van der Waals surface area contributed by atoms with Gasteiger partial charge in [0.2, 0.25) is 0 Å². The number of hydrogen-bond acceptors (Lipinski definition) is 5. The van der Waals surface area contributed by atoms with E-state index in [4.69, 9.17) is 5.26 Å². The Morgan fingerprint density at radius 3 is 2.68 bits per heavy atom. The number of halogens is 1. The van der Waals surface area contributed by atoms with Crippen LogP contribution < -0.4 is 5.32 Å². The second-order valence-corrected chi connectivity index (χ2v) is 9.11. The van der Waals surface area contributed by atoms with E-state index < -0.39 is 11.6 Å². The van der Waals surface area contributed by atoms with E-state index in [9.17, 15) is 5.11 Å². The van der Waals surface area contributed by atoms with Crippen LogP contribution in [0.15, 0.2) is 60.8 Å². The van der Waals surface area contributed by atoms with Crippen molar-refractivity contribution in [3.05, 3.63) is 70.1 Å². The molecule has 0 spiro atoms. The normalized spacial score (nSPS) is 12.6. The standard InChI is InChI=1S/C24H22IN5O/c1-24(2,13-26)14-28-23(31)19-10-6-9-18(29-19)16-11-17-20(25)21(30-22(17)27-12-16)15-7-4-3-5-8-15/h3-12,23,28,31H,14H2,1-2H3,(H,27,30). The molecule has 0 aliphatic carbocycles. The van der Waals surface area contributed by atoms with E-state index >= 15 is 0 Å². The van der Waals surface area contributed by atoms with E-state index in [1.165, 1.54) is 0 Å². The number of benzene rings is 1. The molecule has 0 amide bonds. The predicted molar refractivity (Wildman–Crippen MR) is 130 cm³/mol. The zero-order valence-corrected chi connectivity index (χ0v) is 19.4. The molecule has 4 rings (SSSR count). The lowest BCUT2D eigenvalue weighted by Gasteiger charge is -2.19. The first-order valence-corrected chi connectivity index (χ1v) is 11.0. The maximum absolute atomic E-state index is 10.5. The third-order valence-corrected chi connectivity index (χ3v) is 6.16. The minimum absolute atomic E-state index is 0.355. The second-order valence-electron chi connectivity index (χ2n) is 8.03. The van der Waals surface area contributed by atoms with Crippen molar-refractivity contribution in [3.63, 3.8) is 0 Å². The van der Waals surface area contributed by atoms with Gasteiger partial charge in [-0.15, -0.1) is 0 Å². The number of aromatic nitrogens is 3.